The molecule has 0 bridgehead atoms. The quantitative estimate of drug-likeness (QED) is 0.531. The van der Waals surface area contributed by atoms with Crippen LogP contribution in [-0.2, 0) is 6.42 Å². The summed E-state index contributed by atoms with van der Waals surface area (Å²) < 4.78 is 0. The van der Waals surface area contributed by atoms with E-state index < -0.39 is 0 Å². The molecule has 3 N–H and O–H groups in total. The summed E-state index contributed by atoms with van der Waals surface area (Å²) >= 11 is 0. The number of likely N-dealkylation sites (tertiary alicyclic amines) is 1. The van der Waals surface area contributed by atoms with Crippen LogP contribution in [0, 0.1) is 0 Å². The van der Waals surface area contributed by atoms with E-state index >= 15 is 0 Å². The molecular formula is C18H30N4O. The van der Waals surface area contributed by atoms with Crippen LogP contribution in [0.2, 0.25) is 0 Å². The number of guanidine groups is 1. The average molecular weight is 318 g/mol. The number of likely N-dealkylation sites (N-methyl/N-ethyl adjacent to an activating group) is 1. The summed E-state index contributed by atoms with van der Waals surface area (Å²) in [6.07, 6.45) is 3.40. The van der Waals surface area contributed by atoms with Gasteiger partial charge in [0.1, 0.15) is 5.75 Å². The molecule has 23 heavy (non-hydrogen) atoms. The molecule has 128 valence electrons. The second kappa shape index (κ2) is 9.40. The molecule has 2 rings (SSSR count). The van der Waals surface area contributed by atoms with Crippen LogP contribution in [0.25, 0.3) is 0 Å². The lowest BCUT2D eigenvalue weighted by atomic mass is 10.1. The van der Waals surface area contributed by atoms with Crippen molar-refractivity contribution in [2.24, 2.45) is 4.99 Å². The third kappa shape index (κ3) is 5.75. The Morgan fingerprint density at radius 3 is 2.96 bits per heavy atom. The fourth-order valence-corrected chi connectivity index (χ4v) is 3.09. The molecule has 1 atom stereocenters. The van der Waals surface area contributed by atoms with E-state index in [-0.39, 0.29) is 0 Å². The highest BCUT2D eigenvalue weighted by Crippen LogP contribution is 2.16. The minimum Gasteiger partial charge on any atom is -0.508 e. The molecule has 0 amide bonds. The van der Waals surface area contributed by atoms with Crippen molar-refractivity contribution < 1.29 is 5.11 Å². The van der Waals surface area contributed by atoms with Crippen LogP contribution in [0.3, 0.4) is 0 Å². The van der Waals surface area contributed by atoms with Gasteiger partial charge in [0, 0.05) is 19.1 Å². The Bertz CT molecular complexity index is 504. The number of aromatic hydroxyl groups is 1. The van der Waals surface area contributed by atoms with Crippen molar-refractivity contribution in [2.75, 3.05) is 32.7 Å². The zero-order valence-corrected chi connectivity index (χ0v) is 14.4. The Balaban J connectivity index is 1.81. The predicted octanol–water partition coefficient (Wildman–Crippen LogP) is 1.97. The van der Waals surface area contributed by atoms with Gasteiger partial charge in [-0.1, -0.05) is 19.1 Å². The van der Waals surface area contributed by atoms with Gasteiger partial charge in [0.25, 0.3) is 0 Å². The van der Waals surface area contributed by atoms with Crippen molar-refractivity contribution in [1.82, 2.24) is 15.5 Å². The lowest BCUT2D eigenvalue weighted by molar-refractivity contribution is 0.273. The molecule has 0 saturated carbocycles. The molecule has 5 heteroatoms. The monoisotopic (exact) mass is 318 g/mol. The molecule has 5 nitrogen and oxygen atoms in total. The van der Waals surface area contributed by atoms with Gasteiger partial charge in [0.05, 0.1) is 6.54 Å². The summed E-state index contributed by atoms with van der Waals surface area (Å²) in [7, 11) is 0. The highest BCUT2D eigenvalue weighted by molar-refractivity contribution is 5.79. The molecule has 1 fully saturated rings. The molecule has 1 aliphatic heterocycles. The Morgan fingerprint density at radius 1 is 1.35 bits per heavy atom. The number of rotatable bonds is 7. The number of phenols is 1. The maximum atomic E-state index is 9.50. The van der Waals surface area contributed by atoms with Crippen LogP contribution in [0.4, 0.5) is 0 Å². The van der Waals surface area contributed by atoms with E-state index in [1.807, 2.05) is 18.2 Å². The first-order chi connectivity index (χ1) is 11.2. The van der Waals surface area contributed by atoms with Crippen molar-refractivity contribution >= 4 is 5.96 Å². The van der Waals surface area contributed by atoms with Gasteiger partial charge < -0.3 is 15.7 Å². The number of phenolic OH excluding ortho intramolecular Hbond substituents is 1. The van der Waals surface area contributed by atoms with Crippen LogP contribution < -0.4 is 10.6 Å². The van der Waals surface area contributed by atoms with Crippen LogP contribution in [-0.4, -0.2) is 54.7 Å². The fourth-order valence-electron chi connectivity index (χ4n) is 3.09. The molecule has 1 unspecified atom stereocenters. The lowest BCUT2D eigenvalue weighted by Gasteiger charge is -2.21. The standard InChI is InChI=1S/C18H30N4O/c1-3-19-18(21-14-16-8-6-12-22(16)4-2)20-11-10-15-7-5-9-17(23)13-15/h5,7,9,13,16,23H,3-4,6,8,10-12,14H2,1-2H3,(H2,19,20,21). The van der Waals surface area contributed by atoms with Gasteiger partial charge in [-0.25, -0.2) is 0 Å². The Hall–Kier alpha value is -1.75. The first-order valence-electron chi connectivity index (χ1n) is 8.77. The SMILES string of the molecule is CCNC(=NCC1CCCN1CC)NCCc1cccc(O)c1. The zero-order valence-electron chi connectivity index (χ0n) is 14.4. The second-order valence-corrected chi connectivity index (χ2v) is 5.99. The van der Waals surface area contributed by atoms with Crippen molar-refractivity contribution in [3.05, 3.63) is 29.8 Å². The van der Waals surface area contributed by atoms with E-state index in [1.54, 1.807) is 6.07 Å². The average Bonchev–Trinajstić information content (AvgIpc) is 3.00. The zero-order chi connectivity index (χ0) is 16.5. The largest absolute Gasteiger partial charge is 0.508 e. The van der Waals surface area contributed by atoms with Crippen LogP contribution in [0.15, 0.2) is 29.3 Å². The number of hydrogen-bond acceptors (Lipinski definition) is 3. The van der Waals surface area contributed by atoms with Gasteiger partial charge in [-0.2, -0.15) is 0 Å². The molecule has 1 heterocycles. The Morgan fingerprint density at radius 2 is 2.22 bits per heavy atom. The van der Waals surface area contributed by atoms with E-state index in [0.717, 1.165) is 44.1 Å². The van der Waals surface area contributed by atoms with Gasteiger partial charge in [0.15, 0.2) is 5.96 Å². The van der Waals surface area contributed by atoms with E-state index in [9.17, 15) is 5.11 Å². The third-order valence-electron chi connectivity index (χ3n) is 4.33. The molecule has 0 radical (unpaired) electrons. The number of nitrogens with zero attached hydrogens (tertiary/aromatic N) is 2. The van der Waals surface area contributed by atoms with E-state index in [1.165, 1.54) is 19.4 Å². The van der Waals surface area contributed by atoms with E-state index in [2.05, 4.69) is 29.4 Å². The smallest absolute Gasteiger partial charge is 0.191 e. The molecule has 1 aromatic carbocycles. The number of benzene rings is 1. The summed E-state index contributed by atoms with van der Waals surface area (Å²) in [5, 5.41) is 16.2. The van der Waals surface area contributed by atoms with Crippen molar-refractivity contribution in [3.63, 3.8) is 0 Å². The fraction of sp³-hybridized carbons (Fsp3) is 0.611. The third-order valence-corrected chi connectivity index (χ3v) is 4.33. The Labute approximate surface area is 139 Å². The molecule has 1 aliphatic rings. The van der Waals surface area contributed by atoms with Crippen LogP contribution in [0.5, 0.6) is 5.75 Å². The molecular weight excluding hydrogens is 288 g/mol. The topological polar surface area (TPSA) is 59.9 Å². The molecule has 1 saturated heterocycles. The van der Waals surface area contributed by atoms with Crippen molar-refractivity contribution in [2.45, 2.75) is 39.2 Å². The minimum absolute atomic E-state index is 0.323. The summed E-state index contributed by atoms with van der Waals surface area (Å²) in [6.45, 7) is 9.15. The maximum absolute atomic E-state index is 9.50. The van der Waals surface area contributed by atoms with Crippen LogP contribution >= 0.6 is 0 Å². The van der Waals surface area contributed by atoms with Crippen LogP contribution in [0.1, 0.15) is 32.3 Å². The van der Waals surface area contributed by atoms with Gasteiger partial charge in [0.2, 0.25) is 0 Å². The lowest BCUT2D eigenvalue weighted by Crippen LogP contribution is -2.40. The molecule has 1 aromatic rings. The van der Waals surface area contributed by atoms with Gasteiger partial charge >= 0.3 is 0 Å². The maximum Gasteiger partial charge on any atom is 0.191 e. The van der Waals surface area contributed by atoms with Gasteiger partial charge in [-0.15, -0.1) is 0 Å². The summed E-state index contributed by atoms with van der Waals surface area (Å²) in [5.41, 5.74) is 1.13. The second-order valence-electron chi connectivity index (χ2n) is 5.99. The normalized spacial score (nSPS) is 19.0. The Kier molecular flexibility index (Phi) is 7.20. The van der Waals surface area contributed by atoms with E-state index in [0.29, 0.717) is 11.8 Å². The number of nitrogens with one attached hydrogen (secondary N) is 2. The van der Waals surface area contributed by atoms with Gasteiger partial charge in [-0.3, -0.25) is 9.89 Å². The first kappa shape index (κ1) is 17.6. The van der Waals surface area contributed by atoms with Gasteiger partial charge in [-0.05, 0) is 57.0 Å². The predicted molar refractivity (Wildman–Crippen MR) is 96.1 cm³/mol. The summed E-state index contributed by atoms with van der Waals surface area (Å²) in [4.78, 5) is 7.26. The van der Waals surface area contributed by atoms with Crippen molar-refractivity contribution in [3.8, 4) is 5.75 Å². The molecule has 0 aromatic heterocycles. The highest BCUT2D eigenvalue weighted by atomic mass is 16.3. The number of aliphatic imine (C=N–C) groups is 1. The summed E-state index contributed by atoms with van der Waals surface area (Å²) in [6, 6.07) is 8.00. The highest BCUT2D eigenvalue weighted by Gasteiger charge is 2.22. The molecule has 0 spiro atoms. The first-order valence-corrected chi connectivity index (χ1v) is 8.77. The summed E-state index contributed by atoms with van der Waals surface area (Å²) in [5.74, 6) is 1.21. The van der Waals surface area contributed by atoms with E-state index in [4.69, 9.17) is 4.99 Å². The van der Waals surface area contributed by atoms with Crippen molar-refractivity contribution in [1.29, 1.82) is 0 Å². The number of hydrogen-bond donors (Lipinski definition) is 3. The molecule has 0 aliphatic carbocycles. The minimum atomic E-state index is 0.323.